The fourth-order valence-electron chi connectivity index (χ4n) is 4.32. The number of likely N-dealkylation sites (tertiary alicyclic amines) is 1. The van der Waals surface area contributed by atoms with Gasteiger partial charge in [-0.05, 0) is 68.0 Å². The number of furan rings is 1. The molecule has 0 radical (unpaired) electrons. The quantitative estimate of drug-likeness (QED) is 0.791. The molecule has 1 fully saturated rings. The van der Waals surface area contributed by atoms with E-state index in [1.54, 1.807) is 0 Å². The number of hydrogen-bond acceptors (Lipinski definition) is 4. The Balaban J connectivity index is 1.21. The number of amides is 1. The smallest absolute Gasteiger partial charge is 0.220 e. The number of nitrogens with one attached hydrogen (secondary N) is 1. The van der Waals surface area contributed by atoms with Crippen LogP contribution in [0.25, 0.3) is 0 Å². The van der Waals surface area contributed by atoms with Crippen molar-refractivity contribution in [3.8, 4) is 5.75 Å². The number of hydrogen-bond donors (Lipinski definition) is 1. The summed E-state index contributed by atoms with van der Waals surface area (Å²) in [6.45, 7) is 6.43. The van der Waals surface area contributed by atoms with Crippen LogP contribution in [0.1, 0.15) is 48.3 Å². The van der Waals surface area contributed by atoms with Crippen LogP contribution in [0.15, 0.2) is 34.7 Å². The number of nitrogens with zero attached hydrogens (tertiary/aromatic N) is 1. The highest BCUT2D eigenvalue weighted by Gasteiger charge is 2.21. The summed E-state index contributed by atoms with van der Waals surface area (Å²) in [5.74, 6) is 3.46. The van der Waals surface area contributed by atoms with Crippen LogP contribution in [0.5, 0.6) is 5.75 Å². The zero-order valence-corrected chi connectivity index (χ0v) is 16.7. The van der Waals surface area contributed by atoms with Crippen LogP contribution in [0.2, 0.25) is 0 Å². The summed E-state index contributed by atoms with van der Waals surface area (Å²) in [7, 11) is 0. The Hall–Kier alpha value is -2.27. The molecule has 0 bridgehead atoms. The minimum absolute atomic E-state index is 0.116. The summed E-state index contributed by atoms with van der Waals surface area (Å²) in [6, 6.07) is 10.4. The molecule has 28 heavy (non-hydrogen) atoms. The van der Waals surface area contributed by atoms with Crippen LogP contribution >= 0.6 is 0 Å². The number of fused-ring (bicyclic) bond motifs is 1. The fourth-order valence-corrected chi connectivity index (χ4v) is 4.32. The number of aryl methyl sites for hydroxylation is 1. The van der Waals surface area contributed by atoms with Crippen molar-refractivity contribution in [3.05, 3.63) is 53.0 Å². The SMILES string of the molecule is Cc1ccc(CNC(=O)CC[C@@H]2CCCN(Cc3ccc4c(c3)CCO4)C2)o1. The molecule has 150 valence electrons. The van der Waals surface area contributed by atoms with Gasteiger partial charge in [0, 0.05) is 25.9 Å². The van der Waals surface area contributed by atoms with Gasteiger partial charge in [-0.25, -0.2) is 0 Å². The van der Waals surface area contributed by atoms with Crippen LogP contribution in [-0.2, 0) is 24.3 Å². The molecule has 0 aliphatic carbocycles. The number of rotatable bonds is 7. The van der Waals surface area contributed by atoms with Gasteiger partial charge < -0.3 is 14.5 Å². The van der Waals surface area contributed by atoms with Crippen LogP contribution in [0, 0.1) is 12.8 Å². The van der Waals surface area contributed by atoms with E-state index in [2.05, 4.69) is 28.4 Å². The highest BCUT2D eigenvalue weighted by atomic mass is 16.5. The topological polar surface area (TPSA) is 54.7 Å². The molecule has 1 N–H and O–H groups in total. The Labute approximate surface area is 167 Å². The normalized spacial score (nSPS) is 19.2. The Bertz CT molecular complexity index is 814. The van der Waals surface area contributed by atoms with Gasteiger partial charge in [0.25, 0.3) is 0 Å². The number of piperidine rings is 1. The minimum atomic E-state index is 0.116. The Kier molecular flexibility index (Phi) is 6.01. The summed E-state index contributed by atoms with van der Waals surface area (Å²) in [6.07, 6.45) is 5.01. The van der Waals surface area contributed by atoms with Crippen molar-refractivity contribution in [2.24, 2.45) is 5.92 Å². The predicted molar refractivity (Wildman–Crippen MR) is 108 cm³/mol. The number of carbonyl (C=O) groups excluding carboxylic acids is 1. The molecule has 4 rings (SSSR count). The maximum atomic E-state index is 12.2. The largest absolute Gasteiger partial charge is 0.493 e. The highest BCUT2D eigenvalue weighted by molar-refractivity contribution is 5.75. The lowest BCUT2D eigenvalue weighted by molar-refractivity contribution is -0.121. The Morgan fingerprint density at radius 2 is 2.21 bits per heavy atom. The van der Waals surface area contributed by atoms with Crippen LogP contribution in [0.3, 0.4) is 0 Å². The number of benzene rings is 1. The second kappa shape index (κ2) is 8.82. The van der Waals surface area contributed by atoms with Crippen molar-refractivity contribution in [2.75, 3.05) is 19.7 Å². The molecule has 5 heteroatoms. The van der Waals surface area contributed by atoms with E-state index in [4.69, 9.17) is 9.15 Å². The monoisotopic (exact) mass is 382 g/mol. The molecule has 1 amide bonds. The summed E-state index contributed by atoms with van der Waals surface area (Å²) >= 11 is 0. The van der Waals surface area contributed by atoms with Crippen molar-refractivity contribution in [3.63, 3.8) is 0 Å². The average molecular weight is 383 g/mol. The maximum absolute atomic E-state index is 12.2. The van der Waals surface area contributed by atoms with Crippen LogP contribution < -0.4 is 10.1 Å². The third kappa shape index (κ3) is 4.96. The van der Waals surface area contributed by atoms with Crippen LogP contribution in [-0.4, -0.2) is 30.5 Å². The first kappa shape index (κ1) is 19.1. The second-order valence-electron chi connectivity index (χ2n) is 8.11. The van der Waals surface area contributed by atoms with Crippen molar-refractivity contribution in [2.45, 2.75) is 52.1 Å². The van der Waals surface area contributed by atoms with Gasteiger partial charge in [-0.15, -0.1) is 0 Å². The van der Waals surface area contributed by atoms with Gasteiger partial charge >= 0.3 is 0 Å². The first-order valence-corrected chi connectivity index (χ1v) is 10.4. The zero-order valence-electron chi connectivity index (χ0n) is 16.7. The number of ether oxygens (including phenoxy) is 1. The van der Waals surface area contributed by atoms with Crippen molar-refractivity contribution < 1.29 is 13.9 Å². The molecule has 2 aromatic rings. The highest BCUT2D eigenvalue weighted by Crippen LogP contribution is 2.28. The lowest BCUT2D eigenvalue weighted by atomic mass is 9.93. The minimum Gasteiger partial charge on any atom is -0.493 e. The Morgan fingerprint density at radius 1 is 1.29 bits per heavy atom. The lowest BCUT2D eigenvalue weighted by Gasteiger charge is -2.32. The maximum Gasteiger partial charge on any atom is 0.220 e. The molecule has 1 aromatic carbocycles. The van der Waals surface area contributed by atoms with Gasteiger partial charge in [-0.1, -0.05) is 12.1 Å². The average Bonchev–Trinajstić information content (AvgIpc) is 3.33. The van der Waals surface area contributed by atoms with Crippen molar-refractivity contribution in [1.29, 1.82) is 0 Å². The van der Waals surface area contributed by atoms with Gasteiger partial charge in [0.2, 0.25) is 5.91 Å². The van der Waals surface area contributed by atoms with E-state index in [9.17, 15) is 4.79 Å². The molecule has 0 unspecified atom stereocenters. The van der Waals surface area contributed by atoms with E-state index in [-0.39, 0.29) is 5.91 Å². The zero-order chi connectivity index (χ0) is 19.3. The van der Waals surface area contributed by atoms with Gasteiger partial charge in [-0.2, -0.15) is 0 Å². The summed E-state index contributed by atoms with van der Waals surface area (Å²) in [5.41, 5.74) is 2.71. The second-order valence-corrected chi connectivity index (χ2v) is 8.11. The molecular formula is C23H30N2O3. The standard InChI is InChI=1S/C23H30N2O3/c1-17-4-7-21(28-17)14-24-23(26)9-6-18-3-2-11-25(15-18)16-19-5-8-22-20(13-19)10-12-27-22/h4-5,7-8,13,18H,2-3,6,9-12,14-16H2,1H3,(H,24,26)/t18-/m0/s1. The third-order valence-corrected chi connectivity index (χ3v) is 5.80. The molecule has 1 aromatic heterocycles. The van der Waals surface area contributed by atoms with Crippen molar-refractivity contribution in [1.82, 2.24) is 10.2 Å². The van der Waals surface area contributed by atoms with E-state index in [0.717, 1.165) is 56.4 Å². The Morgan fingerprint density at radius 3 is 3.07 bits per heavy atom. The first-order valence-electron chi connectivity index (χ1n) is 10.4. The lowest BCUT2D eigenvalue weighted by Crippen LogP contribution is -2.35. The molecule has 2 aliphatic heterocycles. The number of carbonyl (C=O) groups is 1. The van der Waals surface area contributed by atoms with E-state index < -0.39 is 0 Å². The van der Waals surface area contributed by atoms with E-state index in [1.807, 2.05) is 19.1 Å². The summed E-state index contributed by atoms with van der Waals surface area (Å²) in [5, 5.41) is 2.97. The van der Waals surface area contributed by atoms with Crippen LogP contribution in [0.4, 0.5) is 0 Å². The molecule has 2 aliphatic rings. The fraction of sp³-hybridized carbons (Fsp3) is 0.522. The molecular weight excluding hydrogens is 352 g/mol. The molecule has 0 spiro atoms. The van der Waals surface area contributed by atoms with Gasteiger partial charge in [0.1, 0.15) is 17.3 Å². The molecule has 1 atom stereocenters. The first-order chi connectivity index (χ1) is 13.7. The predicted octanol–water partition coefficient (Wildman–Crippen LogP) is 3.83. The molecule has 1 saturated heterocycles. The van der Waals surface area contributed by atoms with E-state index in [1.165, 1.54) is 24.0 Å². The summed E-state index contributed by atoms with van der Waals surface area (Å²) in [4.78, 5) is 14.7. The van der Waals surface area contributed by atoms with E-state index in [0.29, 0.717) is 18.9 Å². The molecule has 5 nitrogen and oxygen atoms in total. The van der Waals surface area contributed by atoms with Gasteiger partial charge in [-0.3, -0.25) is 9.69 Å². The van der Waals surface area contributed by atoms with E-state index >= 15 is 0 Å². The van der Waals surface area contributed by atoms with Crippen molar-refractivity contribution >= 4 is 5.91 Å². The third-order valence-electron chi connectivity index (χ3n) is 5.80. The van der Waals surface area contributed by atoms with Gasteiger partial charge in [0.15, 0.2) is 0 Å². The van der Waals surface area contributed by atoms with Gasteiger partial charge in [0.05, 0.1) is 13.2 Å². The molecule has 3 heterocycles. The molecule has 0 saturated carbocycles. The summed E-state index contributed by atoms with van der Waals surface area (Å²) < 4.78 is 11.1.